The summed E-state index contributed by atoms with van der Waals surface area (Å²) in [6.45, 7) is 6.12. The quantitative estimate of drug-likeness (QED) is 0.349. The number of aliphatic hydroxyl groups is 1. The number of benzene rings is 2. The van der Waals surface area contributed by atoms with Crippen molar-refractivity contribution in [2.24, 2.45) is 0 Å². The van der Waals surface area contributed by atoms with Gasteiger partial charge in [0.1, 0.15) is 11.5 Å². The summed E-state index contributed by atoms with van der Waals surface area (Å²) >= 11 is 0. The van der Waals surface area contributed by atoms with E-state index in [-0.39, 0.29) is 16.7 Å². The van der Waals surface area contributed by atoms with Crippen LogP contribution in [0.2, 0.25) is 0 Å². The molecule has 6 nitrogen and oxygen atoms in total. The first-order valence-electron chi connectivity index (χ1n) is 10.7. The number of ketones is 1. The third kappa shape index (κ3) is 4.00. The van der Waals surface area contributed by atoms with E-state index in [4.69, 9.17) is 4.74 Å². The second-order valence-corrected chi connectivity index (χ2v) is 8.96. The highest BCUT2D eigenvalue weighted by molar-refractivity contribution is 6.51. The molecule has 0 bridgehead atoms. The third-order valence-electron chi connectivity index (χ3n) is 5.76. The fourth-order valence-electron chi connectivity index (χ4n) is 4.14. The van der Waals surface area contributed by atoms with Gasteiger partial charge in [-0.25, -0.2) is 0 Å². The molecule has 1 unspecified atom stereocenters. The van der Waals surface area contributed by atoms with Crippen LogP contribution in [0, 0.1) is 0 Å². The molecule has 4 rings (SSSR count). The molecule has 0 radical (unpaired) electrons. The zero-order valence-corrected chi connectivity index (χ0v) is 19.1. The van der Waals surface area contributed by atoms with E-state index in [0.717, 1.165) is 5.56 Å². The van der Waals surface area contributed by atoms with Gasteiger partial charge in [0.15, 0.2) is 0 Å². The predicted octanol–water partition coefficient (Wildman–Crippen LogP) is 5.01. The van der Waals surface area contributed by atoms with Crippen molar-refractivity contribution >= 4 is 23.1 Å². The van der Waals surface area contributed by atoms with Gasteiger partial charge in [-0.1, -0.05) is 45.0 Å². The summed E-state index contributed by atoms with van der Waals surface area (Å²) in [7, 11) is 1.60. The van der Waals surface area contributed by atoms with Crippen molar-refractivity contribution in [1.29, 1.82) is 0 Å². The first kappa shape index (κ1) is 22.3. The maximum atomic E-state index is 13.2. The number of ether oxygens (including phenoxy) is 1. The molecule has 1 aliphatic heterocycles. The van der Waals surface area contributed by atoms with Crippen molar-refractivity contribution in [3.63, 3.8) is 0 Å². The Hall–Kier alpha value is -3.93. The summed E-state index contributed by atoms with van der Waals surface area (Å²) in [5.41, 5.74) is 2.29. The Morgan fingerprint density at radius 2 is 1.76 bits per heavy atom. The molecule has 0 spiro atoms. The molecule has 2 aromatic carbocycles. The molecule has 3 aromatic rings. The lowest BCUT2D eigenvalue weighted by atomic mass is 9.84. The number of carbonyl (C=O) groups is 2. The number of methoxy groups -OCH3 is 1. The Morgan fingerprint density at radius 1 is 1.03 bits per heavy atom. The zero-order chi connectivity index (χ0) is 23.8. The summed E-state index contributed by atoms with van der Waals surface area (Å²) in [5.74, 6) is -0.971. The van der Waals surface area contributed by atoms with E-state index in [1.54, 1.807) is 68.0 Å². The molecular weight excluding hydrogens is 416 g/mol. The highest BCUT2D eigenvalue weighted by Gasteiger charge is 2.47. The fourth-order valence-corrected chi connectivity index (χ4v) is 4.14. The fraction of sp³-hybridized carbons (Fsp3) is 0.222. The number of pyridine rings is 1. The zero-order valence-electron chi connectivity index (χ0n) is 19.1. The van der Waals surface area contributed by atoms with E-state index in [9.17, 15) is 14.7 Å². The lowest BCUT2D eigenvalue weighted by Crippen LogP contribution is -2.29. The smallest absolute Gasteiger partial charge is 0.300 e. The van der Waals surface area contributed by atoms with Crippen molar-refractivity contribution in [3.8, 4) is 5.75 Å². The van der Waals surface area contributed by atoms with Crippen LogP contribution in [0.25, 0.3) is 5.76 Å². The van der Waals surface area contributed by atoms with Crippen molar-refractivity contribution in [2.45, 2.75) is 32.2 Å². The summed E-state index contributed by atoms with van der Waals surface area (Å²) in [4.78, 5) is 32.0. The molecule has 168 valence electrons. The van der Waals surface area contributed by atoms with Crippen molar-refractivity contribution in [2.75, 3.05) is 12.0 Å². The van der Waals surface area contributed by atoms with Gasteiger partial charge >= 0.3 is 0 Å². The van der Waals surface area contributed by atoms with Gasteiger partial charge in [0.25, 0.3) is 11.7 Å². The molecule has 1 saturated heterocycles. The van der Waals surface area contributed by atoms with E-state index >= 15 is 0 Å². The van der Waals surface area contributed by atoms with E-state index in [2.05, 4.69) is 4.98 Å². The summed E-state index contributed by atoms with van der Waals surface area (Å²) in [6.07, 6.45) is 3.23. The van der Waals surface area contributed by atoms with E-state index in [1.165, 1.54) is 4.90 Å². The van der Waals surface area contributed by atoms with Crippen molar-refractivity contribution in [1.82, 2.24) is 4.98 Å². The second-order valence-electron chi connectivity index (χ2n) is 8.96. The molecule has 1 aliphatic rings. The number of carbonyl (C=O) groups excluding carboxylic acids is 2. The highest BCUT2D eigenvalue weighted by atomic mass is 16.5. The Morgan fingerprint density at radius 3 is 2.36 bits per heavy atom. The van der Waals surface area contributed by atoms with E-state index < -0.39 is 17.7 Å². The lowest BCUT2D eigenvalue weighted by Gasteiger charge is -2.25. The van der Waals surface area contributed by atoms with Crippen LogP contribution in [0.1, 0.15) is 43.5 Å². The van der Waals surface area contributed by atoms with Gasteiger partial charge in [-0.15, -0.1) is 0 Å². The van der Waals surface area contributed by atoms with Gasteiger partial charge in [0.2, 0.25) is 0 Å². The van der Waals surface area contributed by atoms with Crippen LogP contribution < -0.4 is 9.64 Å². The molecule has 1 fully saturated rings. The Kier molecular flexibility index (Phi) is 5.77. The Labute approximate surface area is 193 Å². The Bertz CT molecular complexity index is 1230. The summed E-state index contributed by atoms with van der Waals surface area (Å²) in [5, 5.41) is 11.4. The van der Waals surface area contributed by atoms with Gasteiger partial charge in [-0.3, -0.25) is 19.5 Å². The molecule has 1 aromatic heterocycles. The number of Topliss-reactive ketones (excluding diaryl/α,β-unsaturated/α-hetero) is 1. The monoisotopic (exact) mass is 442 g/mol. The third-order valence-corrected chi connectivity index (χ3v) is 5.76. The average Bonchev–Trinajstić information content (AvgIpc) is 3.09. The number of nitrogens with zero attached hydrogens (tertiary/aromatic N) is 2. The predicted molar refractivity (Wildman–Crippen MR) is 127 cm³/mol. The number of para-hydroxylation sites is 1. The number of amides is 1. The number of hydrogen-bond acceptors (Lipinski definition) is 5. The van der Waals surface area contributed by atoms with Crippen LogP contribution >= 0.6 is 0 Å². The van der Waals surface area contributed by atoms with Crippen molar-refractivity contribution < 1.29 is 19.4 Å². The van der Waals surface area contributed by atoms with Gasteiger partial charge in [-0.2, -0.15) is 0 Å². The Balaban J connectivity index is 1.94. The molecule has 6 heteroatoms. The molecule has 0 aliphatic carbocycles. The normalized spacial score (nSPS) is 17.9. The van der Waals surface area contributed by atoms with Crippen LogP contribution in [0.4, 0.5) is 5.69 Å². The number of anilines is 1. The maximum absolute atomic E-state index is 13.2. The van der Waals surface area contributed by atoms with Crippen LogP contribution in [0.5, 0.6) is 5.75 Å². The molecule has 2 heterocycles. The van der Waals surface area contributed by atoms with Crippen LogP contribution in [0.15, 0.2) is 78.6 Å². The highest BCUT2D eigenvalue weighted by Crippen LogP contribution is 2.42. The molecular formula is C27H26N2O4. The maximum Gasteiger partial charge on any atom is 0.300 e. The van der Waals surface area contributed by atoms with Crippen LogP contribution in [0.3, 0.4) is 0 Å². The van der Waals surface area contributed by atoms with Gasteiger partial charge in [0.05, 0.1) is 18.7 Å². The minimum atomic E-state index is -0.804. The average molecular weight is 443 g/mol. The number of rotatable bonds is 4. The topological polar surface area (TPSA) is 79.7 Å². The lowest BCUT2D eigenvalue weighted by molar-refractivity contribution is -0.132. The van der Waals surface area contributed by atoms with Crippen molar-refractivity contribution in [3.05, 3.63) is 95.3 Å². The molecule has 1 N–H and O–H groups in total. The first-order valence-corrected chi connectivity index (χ1v) is 10.7. The number of aromatic nitrogens is 1. The summed E-state index contributed by atoms with van der Waals surface area (Å²) in [6, 6.07) is 17.0. The standard InChI is InChI=1S/C27H26N2O4/c1-27(2,3)20-15-17(12-13-21(20)33-4)24(30)22-23(18-9-8-14-28-16-18)29(26(32)25(22)31)19-10-6-5-7-11-19/h5-16,23,30H,1-4H3/b24-22-. The second kappa shape index (κ2) is 8.54. The number of hydrogen-bond donors (Lipinski definition) is 1. The minimum Gasteiger partial charge on any atom is -0.507 e. The minimum absolute atomic E-state index is 0.0295. The van der Waals surface area contributed by atoms with E-state index in [0.29, 0.717) is 22.6 Å². The van der Waals surface area contributed by atoms with Crippen LogP contribution in [-0.4, -0.2) is 28.9 Å². The molecule has 1 atom stereocenters. The largest absolute Gasteiger partial charge is 0.507 e. The van der Waals surface area contributed by atoms with Crippen LogP contribution in [-0.2, 0) is 15.0 Å². The van der Waals surface area contributed by atoms with Gasteiger partial charge in [0, 0.05) is 29.2 Å². The number of aliphatic hydroxyl groups excluding tert-OH is 1. The van der Waals surface area contributed by atoms with Gasteiger partial charge < -0.3 is 9.84 Å². The first-order chi connectivity index (χ1) is 15.7. The SMILES string of the molecule is COc1ccc(/C(O)=C2/C(=O)C(=O)N(c3ccccc3)C2c2cccnc2)cc1C(C)(C)C. The van der Waals surface area contributed by atoms with E-state index in [1.807, 2.05) is 32.9 Å². The van der Waals surface area contributed by atoms with Gasteiger partial charge in [-0.05, 0) is 47.4 Å². The molecule has 1 amide bonds. The summed E-state index contributed by atoms with van der Waals surface area (Å²) < 4.78 is 5.50. The molecule has 33 heavy (non-hydrogen) atoms. The molecule has 0 saturated carbocycles.